The maximum Gasteiger partial charge on any atom is 0.128 e. The molecule has 3 aromatic heterocycles. The summed E-state index contributed by atoms with van der Waals surface area (Å²) in [6, 6.07) is 77.8. The predicted octanol–water partition coefficient (Wildman–Crippen LogP) is 32.6. The summed E-state index contributed by atoms with van der Waals surface area (Å²) in [4.78, 5) is 28.6. The molecule has 1 saturated carbocycles. The molecule has 808 valence electrons. The Hall–Kier alpha value is -9.99. The van der Waals surface area contributed by atoms with Gasteiger partial charge < -0.3 is 38.7 Å². The first kappa shape index (κ1) is 120. The van der Waals surface area contributed by atoms with E-state index in [9.17, 15) is 0 Å². The highest BCUT2D eigenvalue weighted by atomic mass is 16.5. The third-order valence-electron chi connectivity index (χ3n) is 30.1. The summed E-state index contributed by atoms with van der Waals surface area (Å²) in [5.74, 6) is 2.18. The number of imidazole rings is 1. The minimum Gasteiger partial charge on any atom is -0.490 e. The summed E-state index contributed by atoms with van der Waals surface area (Å²) in [6.07, 6.45) is 35.8. The minimum absolute atomic E-state index is 0.202. The molecule has 6 saturated heterocycles. The third-order valence-corrected chi connectivity index (χ3v) is 30.1. The van der Waals surface area contributed by atoms with E-state index in [2.05, 4.69) is 461 Å². The molecular weight excluding hydrogens is 1810 g/mol. The van der Waals surface area contributed by atoms with Crippen LogP contribution >= 0.6 is 0 Å². The van der Waals surface area contributed by atoms with Crippen LogP contribution in [-0.4, -0.2) is 163 Å². The van der Waals surface area contributed by atoms with Crippen LogP contribution in [0.3, 0.4) is 0 Å². The topological polar surface area (TPSA) is 83.7 Å². The van der Waals surface area contributed by atoms with Gasteiger partial charge in [0.2, 0.25) is 0 Å². The minimum atomic E-state index is 0.202. The number of anilines is 5. The number of nitrogens with zero attached hydrogens (tertiary/aromatic N) is 13. The van der Waals surface area contributed by atoms with Gasteiger partial charge in [0.1, 0.15) is 11.6 Å². The molecule has 14 heteroatoms. The van der Waals surface area contributed by atoms with Crippen LogP contribution in [0.4, 0.5) is 28.6 Å². The highest BCUT2D eigenvalue weighted by molar-refractivity contribution is 5.53. The van der Waals surface area contributed by atoms with Crippen molar-refractivity contribution < 1.29 is 4.74 Å². The van der Waals surface area contributed by atoms with Crippen LogP contribution < -0.4 is 29.2 Å². The lowest BCUT2D eigenvalue weighted by atomic mass is 9.87. The number of benzene rings is 8. The first-order valence-electron chi connectivity index (χ1n) is 57.3. The molecule has 0 unspecified atom stereocenters. The maximum absolute atomic E-state index is 6.02. The molecule has 8 aromatic carbocycles. The van der Waals surface area contributed by atoms with Crippen molar-refractivity contribution in [2.75, 3.05) is 143 Å². The monoisotopic (exact) mass is 2010 g/mol. The van der Waals surface area contributed by atoms with Crippen molar-refractivity contribution in [2.45, 2.75) is 371 Å². The standard InChI is InChI=1S/C17H28N2.C16H26N2.C16H24O.3C15H23N.C14H22N2.2C13H16N2/c1-5-10-18-11-13-19(14-12-18)16-8-6-15(7-9-16)17(2,3)4;1-16(2,3)15-7-5-14(6-8-15)13-18-11-9-17(4)10-12-18;1-16(2,3)13-9-11-15(12-10-13)17-14-7-5-4-6-8-14;3*1-15(2,3)13-7-9-14(10-8-13)16-11-5-4-6-12-16;1-14(2,3)12-7-8-13(15-11-12)16-9-5-4-6-10-16;1-13(2,3)11-5-7-12(8-6-11)15-10-4-9-14-15;1-13(2,3)11-4-6-12(7-5-11)15-9-8-14-10-15/h6-9H,5,10-14H2,1-4H3;5-8H,9-13H2,1-4H3;9-12,14H,4-8H2,1-3H3;3*7-10H,4-6,11-12H2,1-3H3;7-8,11H,4-6,9-10H2,1-3H3;2*4-10H,1-3H3. The molecule has 0 atom stereocenters. The summed E-state index contributed by atoms with van der Waals surface area (Å²) < 4.78 is 9.90. The second-order valence-electron chi connectivity index (χ2n) is 52.1. The molecule has 0 radical (unpaired) electrons. The number of likely N-dealkylation sites (N-methyl/N-ethyl adjacent to an activating group) is 1. The number of pyridine rings is 1. The Morgan fingerprint density at radius 2 is 0.574 bits per heavy atom. The van der Waals surface area contributed by atoms with Gasteiger partial charge in [-0.05, 0) is 324 Å². The Morgan fingerprint density at radius 1 is 0.277 bits per heavy atom. The number of hydrogen-bond donors (Lipinski definition) is 0. The fourth-order valence-corrected chi connectivity index (χ4v) is 19.7. The first-order valence-corrected chi connectivity index (χ1v) is 57.3. The summed E-state index contributed by atoms with van der Waals surface area (Å²) in [5.41, 5.74) is 23.9. The van der Waals surface area contributed by atoms with E-state index in [0.29, 0.717) is 6.10 Å². The predicted molar refractivity (Wildman–Crippen MR) is 642 cm³/mol. The highest BCUT2D eigenvalue weighted by Crippen LogP contribution is 2.36. The third kappa shape index (κ3) is 40.6. The second-order valence-corrected chi connectivity index (χ2v) is 52.1. The summed E-state index contributed by atoms with van der Waals surface area (Å²) in [7, 11) is 2.20. The van der Waals surface area contributed by atoms with E-state index in [-0.39, 0.29) is 48.7 Å². The molecule has 1 aliphatic carbocycles. The number of aromatic nitrogens is 5. The lowest BCUT2D eigenvalue weighted by Gasteiger charge is -2.36. The molecule has 9 heterocycles. The van der Waals surface area contributed by atoms with E-state index in [4.69, 9.17) is 4.74 Å². The molecule has 14 nitrogen and oxygen atoms in total. The van der Waals surface area contributed by atoms with Crippen molar-refractivity contribution in [2.24, 2.45) is 0 Å². The van der Waals surface area contributed by atoms with Gasteiger partial charge in [0.05, 0.1) is 18.1 Å². The lowest BCUT2D eigenvalue weighted by molar-refractivity contribution is 0.148. The first-order chi connectivity index (χ1) is 69.9. The number of piperidine rings is 4. The molecule has 7 fully saturated rings. The Bertz CT molecular complexity index is 5050. The van der Waals surface area contributed by atoms with Gasteiger partial charge in [0.25, 0.3) is 0 Å². The Labute approximate surface area is 902 Å². The zero-order valence-corrected chi connectivity index (χ0v) is 98.4. The van der Waals surface area contributed by atoms with Crippen molar-refractivity contribution in [3.05, 3.63) is 305 Å². The zero-order chi connectivity index (χ0) is 108. The Kier molecular flexibility index (Phi) is 45.7. The number of ether oxygens (including phenoxy) is 1. The van der Waals surface area contributed by atoms with Crippen molar-refractivity contribution in [1.82, 2.24) is 39.0 Å². The molecule has 0 N–H and O–H groups in total. The van der Waals surface area contributed by atoms with Gasteiger partial charge in [-0.15, -0.1) is 0 Å². The Balaban J connectivity index is 0.000000170. The molecule has 0 spiro atoms. The van der Waals surface area contributed by atoms with Crippen LogP contribution in [0.5, 0.6) is 5.75 Å². The van der Waals surface area contributed by atoms with E-state index < -0.39 is 0 Å². The van der Waals surface area contributed by atoms with Crippen LogP contribution in [-0.2, 0) is 55.3 Å². The molecule has 11 aromatic rings. The summed E-state index contributed by atoms with van der Waals surface area (Å²) >= 11 is 0. The van der Waals surface area contributed by atoms with Crippen LogP contribution in [0, 0.1) is 0 Å². The van der Waals surface area contributed by atoms with Gasteiger partial charge in [0, 0.05) is 171 Å². The smallest absolute Gasteiger partial charge is 0.128 e. The fraction of sp³-hybridized carbons (Fsp3) is 0.560. The zero-order valence-electron chi connectivity index (χ0n) is 98.4. The molecule has 148 heavy (non-hydrogen) atoms. The molecule has 0 bridgehead atoms. The molecular formula is C134H201N13O. The lowest BCUT2D eigenvalue weighted by Crippen LogP contribution is -2.46. The van der Waals surface area contributed by atoms with Gasteiger partial charge in [-0.3, -0.25) is 9.80 Å². The average molecular weight is 2010 g/mol. The molecule has 7 aliphatic rings. The maximum atomic E-state index is 6.02. The molecule has 0 amide bonds. The van der Waals surface area contributed by atoms with E-state index in [1.807, 2.05) is 40.2 Å². The van der Waals surface area contributed by atoms with Gasteiger partial charge >= 0.3 is 0 Å². The van der Waals surface area contributed by atoms with Crippen LogP contribution in [0.15, 0.2) is 250 Å². The van der Waals surface area contributed by atoms with Crippen molar-refractivity contribution >= 4 is 28.6 Å². The van der Waals surface area contributed by atoms with Crippen LogP contribution in [0.1, 0.15) is 365 Å². The Morgan fingerprint density at radius 3 is 0.878 bits per heavy atom. The molecule has 18 rings (SSSR count). The van der Waals surface area contributed by atoms with Crippen molar-refractivity contribution in [3.8, 4) is 17.1 Å². The van der Waals surface area contributed by atoms with Gasteiger partial charge in [0.15, 0.2) is 0 Å². The van der Waals surface area contributed by atoms with E-state index >= 15 is 0 Å². The van der Waals surface area contributed by atoms with Gasteiger partial charge in [-0.2, -0.15) is 5.10 Å². The molecule has 6 aliphatic heterocycles. The number of hydrogen-bond acceptors (Lipinski definition) is 12. The van der Waals surface area contributed by atoms with Gasteiger partial charge in [-0.25, -0.2) is 14.6 Å². The SMILES string of the molecule is CC(C)(C)c1ccc(-n2cccn2)cc1.CC(C)(C)c1ccc(-n2ccnc2)cc1.CC(C)(C)c1ccc(N2CCCCC2)cc1.CC(C)(C)c1ccc(N2CCCCC2)cc1.CC(C)(C)c1ccc(N2CCCCC2)cc1.CC(C)(C)c1ccc(N2CCCCC2)nc1.CC(C)(C)c1ccc(OC2CCCCC2)cc1.CCCN1CCN(c2ccc(C(C)(C)C)cc2)CC1.CN1CCN(Cc2ccc(C(C)(C)C)cc2)CC1. The second kappa shape index (κ2) is 56.4. The fourth-order valence-electron chi connectivity index (χ4n) is 19.7. The van der Waals surface area contributed by atoms with E-state index in [0.717, 1.165) is 42.6 Å². The normalized spacial score (nSPS) is 16.6. The average Bonchev–Trinajstić information content (AvgIpc) is 1.51. The summed E-state index contributed by atoms with van der Waals surface area (Å²) in [5, 5.41) is 4.19. The largest absolute Gasteiger partial charge is 0.490 e. The van der Waals surface area contributed by atoms with Crippen molar-refractivity contribution in [3.63, 3.8) is 0 Å². The summed E-state index contributed by atoms with van der Waals surface area (Å²) in [6.45, 7) is 84.6. The number of piperazine rings is 2. The highest BCUT2D eigenvalue weighted by Gasteiger charge is 2.27. The quantitative estimate of drug-likeness (QED) is 0.110. The van der Waals surface area contributed by atoms with Crippen LogP contribution in [0.25, 0.3) is 11.4 Å². The number of rotatable bonds is 13. The van der Waals surface area contributed by atoms with Crippen molar-refractivity contribution in [1.29, 1.82) is 0 Å². The van der Waals surface area contributed by atoms with E-state index in [1.54, 1.807) is 12.4 Å². The van der Waals surface area contributed by atoms with Gasteiger partial charge in [-0.1, -0.05) is 316 Å². The van der Waals surface area contributed by atoms with E-state index in [1.165, 1.54) is 292 Å². The van der Waals surface area contributed by atoms with Crippen LogP contribution in [0.2, 0.25) is 0 Å².